The first-order valence-electron chi connectivity index (χ1n) is 6.87. The van der Waals surface area contributed by atoms with E-state index in [1.54, 1.807) is 33.4 Å². The first-order chi connectivity index (χ1) is 11.0. The normalized spacial score (nSPS) is 10.3. The van der Waals surface area contributed by atoms with Gasteiger partial charge < -0.3 is 14.4 Å². The topological polar surface area (TPSA) is 38.8 Å². The van der Waals surface area contributed by atoms with Crippen LogP contribution in [0.15, 0.2) is 40.9 Å². The van der Waals surface area contributed by atoms with Crippen LogP contribution in [0, 0.1) is 5.82 Å². The summed E-state index contributed by atoms with van der Waals surface area (Å²) < 4.78 is 24.4. The van der Waals surface area contributed by atoms with E-state index in [1.807, 2.05) is 6.07 Å². The van der Waals surface area contributed by atoms with Crippen LogP contribution in [0.2, 0.25) is 0 Å². The summed E-state index contributed by atoms with van der Waals surface area (Å²) in [6, 6.07) is 9.42. The van der Waals surface area contributed by atoms with Crippen LogP contribution in [-0.2, 0) is 6.54 Å². The van der Waals surface area contributed by atoms with Crippen molar-refractivity contribution >= 4 is 21.8 Å². The van der Waals surface area contributed by atoms with Crippen molar-refractivity contribution in [3.63, 3.8) is 0 Å². The summed E-state index contributed by atoms with van der Waals surface area (Å²) in [6.45, 7) is 0.328. The van der Waals surface area contributed by atoms with E-state index in [-0.39, 0.29) is 11.5 Å². The molecule has 0 aliphatic heterocycles. The molecular weight excluding hydrogens is 365 g/mol. The van der Waals surface area contributed by atoms with E-state index in [2.05, 4.69) is 15.9 Å². The predicted octanol–water partition coefficient (Wildman–Crippen LogP) is 3.88. The molecule has 0 aliphatic rings. The van der Waals surface area contributed by atoms with Crippen LogP contribution < -0.4 is 9.47 Å². The van der Waals surface area contributed by atoms with Crippen LogP contribution in [0.25, 0.3) is 0 Å². The van der Waals surface area contributed by atoms with Gasteiger partial charge in [0.15, 0.2) is 0 Å². The fourth-order valence-electron chi connectivity index (χ4n) is 2.18. The number of ether oxygens (including phenoxy) is 2. The van der Waals surface area contributed by atoms with Gasteiger partial charge in [0.25, 0.3) is 5.91 Å². The second-order valence-electron chi connectivity index (χ2n) is 4.96. The van der Waals surface area contributed by atoms with Gasteiger partial charge in [-0.25, -0.2) is 4.39 Å². The third-order valence-corrected chi connectivity index (χ3v) is 4.10. The maximum absolute atomic E-state index is 13.4. The molecule has 1 amide bonds. The minimum absolute atomic E-state index is 0.278. The molecule has 0 unspecified atom stereocenters. The van der Waals surface area contributed by atoms with Crippen molar-refractivity contribution in [3.8, 4) is 11.5 Å². The highest BCUT2D eigenvalue weighted by molar-refractivity contribution is 9.10. The maximum Gasteiger partial charge on any atom is 0.255 e. The molecule has 0 atom stereocenters. The summed E-state index contributed by atoms with van der Waals surface area (Å²) in [6.07, 6.45) is 0. The van der Waals surface area contributed by atoms with Gasteiger partial charge in [0.05, 0.1) is 19.8 Å². The molecular formula is C17H17BrFNO3. The number of carbonyl (C=O) groups is 1. The summed E-state index contributed by atoms with van der Waals surface area (Å²) in [5.74, 6) is 0.566. The van der Waals surface area contributed by atoms with Gasteiger partial charge in [-0.05, 0) is 46.3 Å². The van der Waals surface area contributed by atoms with Gasteiger partial charge in [-0.3, -0.25) is 4.79 Å². The molecule has 0 saturated carbocycles. The van der Waals surface area contributed by atoms with Gasteiger partial charge in [-0.15, -0.1) is 0 Å². The first kappa shape index (κ1) is 17.3. The highest BCUT2D eigenvalue weighted by Crippen LogP contribution is 2.26. The number of hydrogen-bond acceptors (Lipinski definition) is 3. The third kappa shape index (κ3) is 4.01. The van der Waals surface area contributed by atoms with E-state index < -0.39 is 5.82 Å². The average Bonchev–Trinajstić information content (AvgIpc) is 2.56. The zero-order valence-electron chi connectivity index (χ0n) is 13.1. The lowest BCUT2D eigenvalue weighted by Gasteiger charge is -2.20. The molecule has 4 nitrogen and oxygen atoms in total. The molecule has 122 valence electrons. The smallest absolute Gasteiger partial charge is 0.255 e. The summed E-state index contributed by atoms with van der Waals surface area (Å²) in [5, 5.41) is 0. The van der Waals surface area contributed by atoms with Gasteiger partial charge in [0.2, 0.25) is 0 Å². The van der Waals surface area contributed by atoms with E-state index >= 15 is 0 Å². The number of methoxy groups -OCH3 is 2. The number of benzene rings is 2. The molecule has 6 heteroatoms. The van der Waals surface area contributed by atoms with Gasteiger partial charge in [0, 0.05) is 29.7 Å². The first-order valence-corrected chi connectivity index (χ1v) is 7.67. The Bertz CT molecular complexity index is 721. The Labute approximate surface area is 142 Å². The fourth-order valence-corrected chi connectivity index (χ4v) is 2.59. The van der Waals surface area contributed by atoms with Crippen molar-refractivity contribution in [2.24, 2.45) is 0 Å². The van der Waals surface area contributed by atoms with Crippen molar-refractivity contribution in [1.82, 2.24) is 4.90 Å². The lowest BCUT2D eigenvalue weighted by Crippen LogP contribution is -2.26. The standard InChI is InChI=1S/C17H17BrFNO3/c1-20(17(21)14-8-12(19)5-7-15(14)18)10-11-4-6-13(22-2)9-16(11)23-3/h4-9H,10H2,1-3H3. The minimum Gasteiger partial charge on any atom is -0.497 e. The summed E-state index contributed by atoms with van der Waals surface area (Å²) >= 11 is 3.28. The fraction of sp³-hybridized carbons (Fsp3) is 0.235. The molecule has 0 fully saturated rings. The summed E-state index contributed by atoms with van der Waals surface area (Å²) in [7, 11) is 4.79. The van der Waals surface area contributed by atoms with E-state index in [9.17, 15) is 9.18 Å². The van der Waals surface area contributed by atoms with Gasteiger partial charge in [-0.1, -0.05) is 0 Å². The number of carbonyl (C=O) groups excluding carboxylic acids is 1. The zero-order valence-corrected chi connectivity index (χ0v) is 14.7. The summed E-state index contributed by atoms with van der Waals surface area (Å²) in [4.78, 5) is 14.0. The molecule has 0 radical (unpaired) electrons. The molecule has 2 rings (SSSR count). The van der Waals surface area contributed by atoms with Crippen molar-refractivity contribution in [2.75, 3.05) is 21.3 Å². The van der Waals surface area contributed by atoms with Crippen molar-refractivity contribution in [1.29, 1.82) is 0 Å². The molecule has 0 heterocycles. The summed E-state index contributed by atoms with van der Waals surface area (Å²) in [5.41, 5.74) is 1.11. The molecule has 2 aromatic rings. The Morgan fingerprint density at radius 2 is 1.91 bits per heavy atom. The average molecular weight is 382 g/mol. The van der Waals surface area contributed by atoms with Crippen LogP contribution in [0.5, 0.6) is 11.5 Å². The van der Waals surface area contributed by atoms with Crippen LogP contribution in [0.3, 0.4) is 0 Å². The molecule has 0 N–H and O–H groups in total. The Balaban J connectivity index is 2.23. The Morgan fingerprint density at radius 3 is 2.57 bits per heavy atom. The highest BCUT2D eigenvalue weighted by Gasteiger charge is 2.17. The van der Waals surface area contributed by atoms with E-state index in [0.29, 0.717) is 22.5 Å². The van der Waals surface area contributed by atoms with E-state index in [4.69, 9.17) is 9.47 Å². The number of amides is 1. The molecule has 0 bridgehead atoms. The maximum atomic E-state index is 13.4. The minimum atomic E-state index is -0.452. The van der Waals surface area contributed by atoms with E-state index in [0.717, 1.165) is 5.56 Å². The van der Waals surface area contributed by atoms with Crippen LogP contribution >= 0.6 is 15.9 Å². The Morgan fingerprint density at radius 1 is 1.17 bits per heavy atom. The Kier molecular flexibility index (Phi) is 5.60. The molecule has 0 spiro atoms. The molecule has 23 heavy (non-hydrogen) atoms. The van der Waals surface area contributed by atoms with Crippen molar-refractivity contribution in [2.45, 2.75) is 6.54 Å². The lowest BCUT2D eigenvalue weighted by atomic mass is 10.1. The van der Waals surface area contributed by atoms with Crippen LogP contribution in [0.4, 0.5) is 4.39 Å². The molecule has 2 aromatic carbocycles. The van der Waals surface area contributed by atoms with Crippen molar-refractivity contribution in [3.05, 3.63) is 57.8 Å². The number of halogens is 2. The van der Waals surface area contributed by atoms with Gasteiger partial charge >= 0.3 is 0 Å². The number of hydrogen-bond donors (Lipinski definition) is 0. The van der Waals surface area contributed by atoms with E-state index in [1.165, 1.54) is 23.1 Å². The number of nitrogens with zero attached hydrogens (tertiary/aromatic N) is 1. The zero-order chi connectivity index (χ0) is 17.0. The lowest BCUT2D eigenvalue weighted by molar-refractivity contribution is 0.0783. The number of rotatable bonds is 5. The third-order valence-electron chi connectivity index (χ3n) is 3.41. The molecule has 0 saturated heterocycles. The van der Waals surface area contributed by atoms with Crippen LogP contribution in [0.1, 0.15) is 15.9 Å². The largest absolute Gasteiger partial charge is 0.497 e. The molecule has 0 aromatic heterocycles. The van der Waals surface area contributed by atoms with Crippen LogP contribution in [-0.4, -0.2) is 32.1 Å². The predicted molar refractivity (Wildman–Crippen MR) is 89.4 cm³/mol. The van der Waals surface area contributed by atoms with Gasteiger partial charge in [-0.2, -0.15) is 0 Å². The van der Waals surface area contributed by atoms with Crippen molar-refractivity contribution < 1.29 is 18.7 Å². The monoisotopic (exact) mass is 381 g/mol. The second kappa shape index (κ2) is 7.46. The molecule has 0 aliphatic carbocycles. The highest BCUT2D eigenvalue weighted by atomic mass is 79.9. The Hall–Kier alpha value is -2.08. The van der Waals surface area contributed by atoms with Gasteiger partial charge in [0.1, 0.15) is 17.3 Å². The second-order valence-corrected chi connectivity index (χ2v) is 5.82. The SMILES string of the molecule is COc1ccc(CN(C)C(=O)c2cc(F)ccc2Br)c(OC)c1. The quantitative estimate of drug-likeness (QED) is 0.788.